The molecule has 4 nitrogen and oxygen atoms in total. The van der Waals surface area contributed by atoms with Crippen LogP contribution in [0.2, 0.25) is 0 Å². The number of nitrogens with one attached hydrogen (secondary N) is 2. The molecule has 1 aliphatic rings. The number of hydrogen-bond donors (Lipinski definition) is 2. The Balaban J connectivity index is 1.51. The van der Waals surface area contributed by atoms with Crippen molar-refractivity contribution in [3.63, 3.8) is 0 Å². The van der Waals surface area contributed by atoms with Crippen molar-refractivity contribution >= 4 is 40.7 Å². The van der Waals surface area contributed by atoms with E-state index in [0.717, 1.165) is 17.8 Å². The Labute approximate surface area is 166 Å². The maximum atomic E-state index is 12.0. The summed E-state index contributed by atoms with van der Waals surface area (Å²) in [6, 6.07) is 18.4. The topological polar surface area (TPSA) is 44.4 Å². The molecule has 5 heteroatoms. The zero-order valence-corrected chi connectivity index (χ0v) is 16.3. The van der Waals surface area contributed by atoms with Crippen molar-refractivity contribution in [3.05, 3.63) is 66.2 Å². The first-order chi connectivity index (χ1) is 13.1. The van der Waals surface area contributed by atoms with Gasteiger partial charge in [-0.3, -0.25) is 10.1 Å². The molecule has 1 atom stereocenters. The molecule has 0 saturated carbocycles. The highest BCUT2D eigenvalue weighted by molar-refractivity contribution is 7.80. The molecule has 0 spiro atoms. The number of thiocarbonyl (C=S) groups is 1. The summed E-state index contributed by atoms with van der Waals surface area (Å²) in [4.78, 5) is 14.4. The van der Waals surface area contributed by atoms with E-state index >= 15 is 0 Å². The predicted molar refractivity (Wildman–Crippen MR) is 117 cm³/mol. The molecule has 1 amide bonds. The Morgan fingerprint density at radius 1 is 1.11 bits per heavy atom. The second-order valence-electron chi connectivity index (χ2n) is 6.77. The Bertz CT molecular complexity index is 802. The minimum absolute atomic E-state index is 0.255. The van der Waals surface area contributed by atoms with Crippen LogP contribution in [0.4, 0.5) is 11.4 Å². The molecule has 2 N–H and O–H groups in total. The van der Waals surface area contributed by atoms with Gasteiger partial charge in [0.1, 0.15) is 0 Å². The molecule has 1 saturated heterocycles. The summed E-state index contributed by atoms with van der Waals surface area (Å²) in [6.45, 7) is 3.38. The van der Waals surface area contributed by atoms with E-state index in [-0.39, 0.29) is 11.0 Å². The van der Waals surface area contributed by atoms with Gasteiger partial charge >= 0.3 is 0 Å². The van der Waals surface area contributed by atoms with Crippen molar-refractivity contribution in [1.82, 2.24) is 5.32 Å². The van der Waals surface area contributed by atoms with E-state index in [1.54, 1.807) is 6.08 Å². The molecule has 2 aromatic carbocycles. The lowest BCUT2D eigenvalue weighted by Gasteiger charge is -2.35. The molecule has 2 aromatic rings. The molecule has 0 bridgehead atoms. The Kier molecular flexibility index (Phi) is 6.60. The lowest BCUT2D eigenvalue weighted by molar-refractivity contribution is -0.115. The second kappa shape index (κ2) is 9.33. The molecule has 3 rings (SSSR count). The van der Waals surface area contributed by atoms with E-state index in [1.165, 1.54) is 31.0 Å². The van der Waals surface area contributed by atoms with E-state index in [9.17, 15) is 4.79 Å². The Hall–Kier alpha value is -2.66. The molecule has 0 aliphatic carbocycles. The maximum absolute atomic E-state index is 12.0. The second-order valence-corrected chi connectivity index (χ2v) is 7.18. The van der Waals surface area contributed by atoms with Gasteiger partial charge in [-0.1, -0.05) is 30.3 Å². The third-order valence-corrected chi connectivity index (χ3v) is 4.93. The fraction of sp³-hybridized carbons (Fsp3) is 0.273. The highest BCUT2D eigenvalue weighted by atomic mass is 32.1. The van der Waals surface area contributed by atoms with Gasteiger partial charge in [0.15, 0.2) is 5.11 Å². The van der Waals surface area contributed by atoms with Crippen molar-refractivity contribution in [2.45, 2.75) is 32.2 Å². The van der Waals surface area contributed by atoms with Gasteiger partial charge < -0.3 is 10.2 Å². The van der Waals surface area contributed by atoms with Crippen molar-refractivity contribution < 1.29 is 4.79 Å². The summed E-state index contributed by atoms with van der Waals surface area (Å²) < 4.78 is 0. The smallest absolute Gasteiger partial charge is 0.250 e. The van der Waals surface area contributed by atoms with Gasteiger partial charge in [0.25, 0.3) is 0 Å². The molecule has 0 unspecified atom stereocenters. The summed E-state index contributed by atoms with van der Waals surface area (Å²) in [5, 5.41) is 6.02. The monoisotopic (exact) mass is 379 g/mol. The summed E-state index contributed by atoms with van der Waals surface area (Å²) >= 11 is 5.23. The largest absolute Gasteiger partial charge is 0.369 e. The third kappa shape index (κ3) is 5.66. The van der Waals surface area contributed by atoms with Crippen LogP contribution in [-0.2, 0) is 4.79 Å². The first kappa shape index (κ1) is 19.1. The molecule has 1 heterocycles. The number of hydrogen-bond acceptors (Lipinski definition) is 3. The minimum atomic E-state index is -0.255. The van der Waals surface area contributed by atoms with Gasteiger partial charge in [-0.15, -0.1) is 0 Å². The molecule has 140 valence electrons. The molecule has 0 radical (unpaired) electrons. The number of piperidine rings is 1. The van der Waals surface area contributed by atoms with Gasteiger partial charge in [0.2, 0.25) is 5.91 Å². The lowest BCUT2D eigenvalue weighted by atomic mass is 10.0. The van der Waals surface area contributed by atoms with E-state index in [4.69, 9.17) is 12.2 Å². The fourth-order valence-electron chi connectivity index (χ4n) is 3.27. The number of anilines is 2. The zero-order chi connectivity index (χ0) is 19.1. The van der Waals surface area contributed by atoms with Crippen LogP contribution in [0.15, 0.2) is 60.7 Å². The number of carbonyl (C=O) groups excluding carboxylic acids is 1. The van der Waals surface area contributed by atoms with Crippen LogP contribution in [0.5, 0.6) is 0 Å². The SMILES string of the molecule is C[C@@H]1CCCCN1c1ccc(NC(=S)NC(=O)/C=C/c2ccccc2)cc1. The van der Waals surface area contributed by atoms with E-state index < -0.39 is 0 Å². The molecule has 1 fully saturated rings. The fourth-order valence-corrected chi connectivity index (χ4v) is 3.49. The molecule has 27 heavy (non-hydrogen) atoms. The number of rotatable bonds is 4. The van der Waals surface area contributed by atoms with Gasteiger partial charge in [-0.05, 0) is 74.3 Å². The molecular formula is C22H25N3OS. The Morgan fingerprint density at radius 3 is 2.56 bits per heavy atom. The van der Waals surface area contributed by atoms with Crippen LogP contribution in [0, 0.1) is 0 Å². The number of carbonyl (C=O) groups is 1. The average Bonchev–Trinajstić information content (AvgIpc) is 2.68. The van der Waals surface area contributed by atoms with Crippen LogP contribution in [0.25, 0.3) is 6.08 Å². The van der Waals surface area contributed by atoms with Crippen molar-refractivity contribution in [2.75, 3.05) is 16.8 Å². The third-order valence-electron chi connectivity index (χ3n) is 4.72. The van der Waals surface area contributed by atoms with E-state index in [1.807, 2.05) is 42.5 Å². The van der Waals surface area contributed by atoms with Gasteiger partial charge in [0, 0.05) is 30.0 Å². The first-order valence-electron chi connectivity index (χ1n) is 9.33. The predicted octanol–water partition coefficient (Wildman–Crippen LogP) is 4.59. The van der Waals surface area contributed by atoms with Crippen LogP contribution in [-0.4, -0.2) is 23.6 Å². The number of amides is 1. The van der Waals surface area contributed by atoms with Crippen molar-refractivity contribution in [3.8, 4) is 0 Å². The van der Waals surface area contributed by atoms with Crippen LogP contribution < -0.4 is 15.5 Å². The number of benzene rings is 2. The average molecular weight is 380 g/mol. The lowest BCUT2D eigenvalue weighted by Crippen LogP contribution is -2.37. The van der Waals surface area contributed by atoms with Gasteiger partial charge in [-0.25, -0.2) is 0 Å². The van der Waals surface area contributed by atoms with Gasteiger partial charge in [0.05, 0.1) is 0 Å². The van der Waals surface area contributed by atoms with Crippen LogP contribution in [0.1, 0.15) is 31.7 Å². The summed E-state index contributed by atoms with van der Waals surface area (Å²) in [5.74, 6) is -0.255. The standard InChI is InChI=1S/C22H25N3OS/c1-17-7-5-6-16-25(17)20-13-11-19(12-14-20)23-22(27)24-21(26)15-10-18-8-3-2-4-9-18/h2-4,8-15,17H,5-7,16H2,1H3,(H2,23,24,26,27)/b15-10+/t17-/m1/s1. The Morgan fingerprint density at radius 2 is 1.85 bits per heavy atom. The minimum Gasteiger partial charge on any atom is -0.369 e. The van der Waals surface area contributed by atoms with Gasteiger partial charge in [-0.2, -0.15) is 0 Å². The van der Waals surface area contributed by atoms with E-state index in [2.05, 4.69) is 34.6 Å². The highest BCUT2D eigenvalue weighted by Crippen LogP contribution is 2.25. The quantitative estimate of drug-likeness (QED) is 0.602. The molecule has 0 aromatic heterocycles. The highest BCUT2D eigenvalue weighted by Gasteiger charge is 2.18. The van der Waals surface area contributed by atoms with Crippen molar-refractivity contribution in [1.29, 1.82) is 0 Å². The van der Waals surface area contributed by atoms with E-state index in [0.29, 0.717) is 6.04 Å². The van der Waals surface area contributed by atoms with Crippen LogP contribution >= 0.6 is 12.2 Å². The van der Waals surface area contributed by atoms with Crippen molar-refractivity contribution in [2.24, 2.45) is 0 Å². The maximum Gasteiger partial charge on any atom is 0.250 e. The molecule has 1 aliphatic heterocycles. The summed E-state index contributed by atoms with van der Waals surface area (Å²) in [7, 11) is 0. The normalized spacial score (nSPS) is 16.9. The number of nitrogens with zero attached hydrogens (tertiary/aromatic N) is 1. The zero-order valence-electron chi connectivity index (χ0n) is 15.5. The summed E-state index contributed by atoms with van der Waals surface area (Å²) in [5.41, 5.74) is 3.06. The molecular weight excluding hydrogens is 354 g/mol. The summed E-state index contributed by atoms with van der Waals surface area (Å²) in [6.07, 6.45) is 7.03. The van der Waals surface area contributed by atoms with Crippen LogP contribution in [0.3, 0.4) is 0 Å². The first-order valence-corrected chi connectivity index (χ1v) is 9.74.